The van der Waals surface area contributed by atoms with Gasteiger partial charge in [0.1, 0.15) is 5.75 Å². The Morgan fingerprint density at radius 3 is 2.35 bits per heavy atom. The molecule has 4 aromatic rings. The second-order valence-corrected chi connectivity index (χ2v) is 9.33. The maximum absolute atomic E-state index is 13.3. The van der Waals surface area contributed by atoms with E-state index in [0.29, 0.717) is 6.42 Å². The predicted octanol–water partition coefficient (Wildman–Crippen LogP) is 6.15. The molecule has 0 saturated carbocycles. The van der Waals surface area contributed by atoms with Crippen LogP contribution in [0.4, 0.5) is 0 Å². The molecule has 1 fully saturated rings. The van der Waals surface area contributed by atoms with E-state index in [1.54, 1.807) is 7.11 Å². The highest BCUT2D eigenvalue weighted by atomic mass is 16.5. The van der Waals surface area contributed by atoms with Crippen molar-refractivity contribution in [1.82, 2.24) is 9.47 Å². The Hall–Kier alpha value is -3.53. The molecular formula is C30H32N2O2. The van der Waals surface area contributed by atoms with Crippen molar-refractivity contribution in [2.45, 2.75) is 38.6 Å². The summed E-state index contributed by atoms with van der Waals surface area (Å²) in [5, 5.41) is 1.22. The smallest absolute Gasteiger partial charge is 0.223 e. The van der Waals surface area contributed by atoms with Crippen LogP contribution in [-0.4, -0.2) is 35.6 Å². The van der Waals surface area contributed by atoms with Crippen LogP contribution in [0.2, 0.25) is 0 Å². The molecule has 3 aromatic carbocycles. The summed E-state index contributed by atoms with van der Waals surface area (Å²) < 4.78 is 7.63. The van der Waals surface area contributed by atoms with Crippen LogP contribution in [0.5, 0.6) is 5.75 Å². The number of aromatic nitrogens is 1. The van der Waals surface area contributed by atoms with Gasteiger partial charge in [-0.05, 0) is 54.7 Å². The van der Waals surface area contributed by atoms with Gasteiger partial charge in [0.05, 0.1) is 7.11 Å². The lowest BCUT2D eigenvalue weighted by Crippen LogP contribution is -2.29. The Kier molecular flexibility index (Phi) is 6.39. The zero-order valence-electron chi connectivity index (χ0n) is 20.0. The highest BCUT2D eigenvalue weighted by molar-refractivity contribution is 5.87. The standard InChI is InChI=1S/C30H32N2O2/c1-22-9-13-24(14-10-22)27(19-30(33)31-17-5-6-18-31)28-21-32(29-8-4-3-7-26(28)29)20-23-11-15-25(34-2)16-12-23/h3-4,7-16,21,27H,5-6,17-20H2,1-2H3. The summed E-state index contributed by atoms with van der Waals surface area (Å²) in [6.07, 6.45) is 4.99. The third-order valence-corrected chi connectivity index (χ3v) is 7.02. The Bertz CT molecular complexity index is 1270. The molecule has 0 N–H and O–H groups in total. The predicted molar refractivity (Wildman–Crippen MR) is 137 cm³/mol. The van der Waals surface area contributed by atoms with E-state index < -0.39 is 0 Å². The van der Waals surface area contributed by atoms with E-state index in [4.69, 9.17) is 4.74 Å². The van der Waals surface area contributed by atoms with Crippen LogP contribution < -0.4 is 4.74 Å². The maximum atomic E-state index is 13.3. The average molecular weight is 453 g/mol. The van der Waals surface area contributed by atoms with Gasteiger partial charge in [0, 0.05) is 49.1 Å². The number of aryl methyl sites for hydroxylation is 1. The number of hydrogen-bond acceptors (Lipinski definition) is 2. The third kappa shape index (κ3) is 4.58. The first-order chi connectivity index (χ1) is 16.6. The molecule has 0 aliphatic carbocycles. The maximum Gasteiger partial charge on any atom is 0.223 e. The zero-order valence-corrected chi connectivity index (χ0v) is 20.0. The molecule has 0 spiro atoms. The molecule has 1 aliphatic rings. The molecule has 1 unspecified atom stereocenters. The van der Waals surface area contributed by atoms with Gasteiger partial charge in [-0.2, -0.15) is 0 Å². The summed E-state index contributed by atoms with van der Waals surface area (Å²) in [7, 11) is 1.69. The lowest BCUT2D eigenvalue weighted by Gasteiger charge is -2.21. The van der Waals surface area contributed by atoms with Gasteiger partial charge in [-0.15, -0.1) is 0 Å². The molecule has 0 radical (unpaired) electrons. The molecule has 0 bridgehead atoms. The second kappa shape index (κ2) is 9.76. The molecule has 174 valence electrons. The lowest BCUT2D eigenvalue weighted by molar-refractivity contribution is -0.130. The number of carbonyl (C=O) groups is 1. The first-order valence-corrected chi connectivity index (χ1v) is 12.2. The SMILES string of the molecule is COc1ccc(Cn2cc(C(CC(=O)N3CCCC3)c3ccc(C)cc3)c3ccccc32)cc1. The molecule has 1 atom stereocenters. The molecule has 1 aliphatic heterocycles. The van der Waals surface area contributed by atoms with Crippen molar-refractivity contribution in [2.24, 2.45) is 0 Å². The van der Waals surface area contributed by atoms with Crippen LogP contribution in [0.25, 0.3) is 10.9 Å². The van der Waals surface area contributed by atoms with Gasteiger partial charge in [0.25, 0.3) is 0 Å². The van der Waals surface area contributed by atoms with E-state index >= 15 is 0 Å². The summed E-state index contributed by atoms with van der Waals surface area (Å²) in [4.78, 5) is 15.3. The van der Waals surface area contributed by atoms with E-state index in [0.717, 1.165) is 38.2 Å². The van der Waals surface area contributed by atoms with Crippen molar-refractivity contribution in [2.75, 3.05) is 20.2 Å². The number of para-hydroxylation sites is 1. The molecule has 4 heteroatoms. The van der Waals surface area contributed by atoms with Crippen LogP contribution in [0.3, 0.4) is 0 Å². The molecule has 34 heavy (non-hydrogen) atoms. The van der Waals surface area contributed by atoms with Crippen LogP contribution in [0, 0.1) is 6.92 Å². The zero-order chi connectivity index (χ0) is 23.5. The van der Waals surface area contributed by atoms with Crippen LogP contribution in [0.15, 0.2) is 79.0 Å². The van der Waals surface area contributed by atoms with E-state index in [-0.39, 0.29) is 11.8 Å². The lowest BCUT2D eigenvalue weighted by atomic mass is 9.87. The fourth-order valence-corrected chi connectivity index (χ4v) is 5.09. The minimum atomic E-state index is 0.0238. The number of carbonyl (C=O) groups excluding carboxylic acids is 1. The molecule has 1 amide bonds. The minimum Gasteiger partial charge on any atom is -0.497 e. The quantitative estimate of drug-likeness (QED) is 0.337. The topological polar surface area (TPSA) is 34.5 Å². The normalized spacial score (nSPS) is 14.5. The van der Waals surface area contributed by atoms with Crippen LogP contribution in [0.1, 0.15) is 47.4 Å². The van der Waals surface area contributed by atoms with Gasteiger partial charge in [-0.25, -0.2) is 0 Å². The van der Waals surface area contributed by atoms with Crippen molar-refractivity contribution in [1.29, 1.82) is 0 Å². The summed E-state index contributed by atoms with van der Waals surface area (Å²) in [6, 6.07) is 25.5. The van der Waals surface area contributed by atoms with E-state index in [2.05, 4.69) is 78.4 Å². The Balaban J connectivity index is 1.55. The largest absolute Gasteiger partial charge is 0.497 e. The van der Waals surface area contributed by atoms with Gasteiger partial charge in [-0.1, -0.05) is 60.2 Å². The van der Waals surface area contributed by atoms with Crippen LogP contribution >= 0.6 is 0 Å². The Morgan fingerprint density at radius 1 is 0.941 bits per heavy atom. The first kappa shape index (κ1) is 22.3. The summed E-state index contributed by atoms with van der Waals surface area (Å²) >= 11 is 0. The van der Waals surface area contributed by atoms with Crippen molar-refractivity contribution >= 4 is 16.8 Å². The van der Waals surface area contributed by atoms with E-state index in [9.17, 15) is 4.79 Å². The molecule has 1 saturated heterocycles. The molecule has 5 rings (SSSR count). The number of amides is 1. The monoisotopic (exact) mass is 452 g/mol. The number of methoxy groups -OCH3 is 1. The highest BCUT2D eigenvalue weighted by Crippen LogP contribution is 2.36. The summed E-state index contributed by atoms with van der Waals surface area (Å²) in [5.41, 5.74) is 6.06. The van der Waals surface area contributed by atoms with Crippen LogP contribution in [-0.2, 0) is 11.3 Å². The summed E-state index contributed by atoms with van der Waals surface area (Å²) in [6.45, 7) is 4.65. The second-order valence-electron chi connectivity index (χ2n) is 9.33. The molecular weight excluding hydrogens is 420 g/mol. The van der Waals surface area contributed by atoms with Gasteiger partial charge >= 0.3 is 0 Å². The van der Waals surface area contributed by atoms with Gasteiger partial charge in [0.15, 0.2) is 0 Å². The van der Waals surface area contributed by atoms with Gasteiger partial charge in [-0.3, -0.25) is 4.79 Å². The Morgan fingerprint density at radius 2 is 1.65 bits per heavy atom. The summed E-state index contributed by atoms with van der Waals surface area (Å²) in [5.74, 6) is 1.15. The van der Waals surface area contributed by atoms with E-state index in [1.165, 1.54) is 33.2 Å². The van der Waals surface area contributed by atoms with Crippen molar-refractivity contribution in [3.8, 4) is 5.75 Å². The molecule has 2 heterocycles. The first-order valence-electron chi connectivity index (χ1n) is 12.2. The van der Waals surface area contributed by atoms with E-state index in [1.807, 2.05) is 17.0 Å². The third-order valence-electron chi connectivity index (χ3n) is 7.02. The minimum absolute atomic E-state index is 0.0238. The Labute approximate surface area is 201 Å². The number of ether oxygens (including phenoxy) is 1. The van der Waals surface area contributed by atoms with Crippen molar-refractivity contribution < 1.29 is 9.53 Å². The molecule has 4 nitrogen and oxygen atoms in total. The van der Waals surface area contributed by atoms with Crippen molar-refractivity contribution in [3.63, 3.8) is 0 Å². The number of likely N-dealkylation sites (tertiary alicyclic amines) is 1. The number of benzene rings is 3. The fraction of sp³-hybridized carbons (Fsp3) is 0.300. The number of rotatable bonds is 7. The average Bonchev–Trinajstić information content (AvgIpc) is 3.53. The number of nitrogens with zero attached hydrogens (tertiary/aromatic N) is 2. The van der Waals surface area contributed by atoms with Gasteiger partial charge < -0.3 is 14.2 Å². The van der Waals surface area contributed by atoms with Gasteiger partial charge in [0.2, 0.25) is 5.91 Å². The highest BCUT2D eigenvalue weighted by Gasteiger charge is 2.26. The number of hydrogen-bond donors (Lipinski definition) is 0. The fourth-order valence-electron chi connectivity index (χ4n) is 5.09. The van der Waals surface area contributed by atoms with Crippen molar-refractivity contribution in [3.05, 3.63) is 101 Å². The number of fused-ring (bicyclic) bond motifs is 1. The molecule has 1 aromatic heterocycles.